The lowest BCUT2D eigenvalue weighted by Crippen LogP contribution is -2.49. The van der Waals surface area contributed by atoms with Gasteiger partial charge in [-0.3, -0.25) is 19.4 Å². The smallest absolute Gasteiger partial charge is 0.313 e. The lowest BCUT2D eigenvalue weighted by Gasteiger charge is -2.24. The van der Waals surface area contributed by atoms with Crippen molar-refractivity contribution < 1.29 is 19.8 Å². The van der Waals surface area contributed by atoms with Crippen molar-refractivity contribution in [1.82, 2.24) is 15.2 Å². The highest BCUT2D eigenvalue weighted by Crippen LogP contribution is 2.43. The first kappa shape index (κ1) is 24.7. The number of primary amides is 1. The molecule has 1 saturated heterocycles. The Morgan fingerprint density at radius 3 is 2.77 bits per heavy atom. The number of hydrogen-bond acceptors (Lipinski definition) is 5. The molecule has 1 aromatic carbocycles. The van der Waals surface area contributed by atoms with E-state index in [0.29, 0.717) is 35.7 Å². The second-order valence-electron chi connectivity index (χ2n) is 8.93. The van der Waals surface area contributed by atoms with Gasteiger partial charge in [0.15, 0.2) is 0 Å². The molecule has 1 saturated carbocycles. The number of benzene rings is 1. The zero-order chi connectivity index (χ0) is 25.1. The number of nitrogens with one attached hydrogen (secondary N) is 2. The van der Waals surface area contributed by atoms with Crippen molar-refractivity contribution in [2.75, 3.05) is 18.4 Å². The first-order chi connectivity index (χ1) is 16.8. The normalized spacial score (nSPS) is 20.9. The number of carbonyl (C=O) groups is 3. The van der Waals surface area contributed by atoms with Gasteiger partial charge in [-0.2, -0.15) is 0 Å². The number of pyridine rings is 1. The van der Waals surface area contributed by atoms with Crippen molar-refractivity contribution >= 4 is 40.7 Å². The summed E-state index contributed by atoms with van der Waals surface area (Å²) in [5.74, 6) is -0.913. The van der Waals surface area contributed by atoms with Crippen LogP contribution >= 0.6 is 11.6 Å². The molecular formula is C25H30ClN6O3+. The van der Waals surface area contributed by atoms with Crippen LogP contribution in [-0.2, 0) is 20.8 Å². The number of aromatic nitrogens is 1. The van der Waals surface area contributed by atoms with Crippen LogP contribution in [0.5, 0.6) is 0 Å². The SMILES string of the molecule is CCc1cc(C(=[NH2+])C(N)=O)c(NCC(=O)N2CCC[C@H]2C(=O)NC2C[C@H]2c2ccccc2Cl)cn1. The molecule has 9 nitrogen and oxygen atoms in total. The maximum atomic E-state index is 13.0. The number of hydrogen-bond donors (Lipinski definition) is 4. The molecule has 1 aromatic heterocycles. The van der Waals surface area contributed by atoms with Crippen LogP contribution in [0.1, 0.15) is 48.9 Å². The maximum Gasteiger partial charge on any atom is 0.313 e. The van der Waals surface area contributed by atoms with Crippen LogP contribution in [0, 0.1) is 0 Å². The van der Waals surface area contributed by atoms with Crippen LogP contribution < -0.4 is 21.8 Å². The summed E-state index contributed by atoms with van der Waals surface area (Å²) in [5, 5.41) is 12.7. The third kappa shape index (κ3) is 5.45. The molecule has 1 aliphatic heterocycles. The Balaban J connectivity index is 1.37. The van der Waals surface area contributed by atoms with Gasteiger partial charge in [-0.1, -0.05) is 36.7 Å². The molecule has 0 radical (unpaired) electrons. The zero-order valence-electron chi connectivity index (χ0n) is 19.6. The number of likely N-dealkylation sites (tertiary alicyclic amines) is 1. The number of carbonyl (C=O) groups excluding carboxylic acids is 3. The Kier molecular flexibility index (Phi) is 7.35. The minimum atomic E-state index is -0.751. The first-order valence-electron chi connectivity index (χ1n) is 11.8. The molecule has 0 spiro atoms. The second-order valence-corrected chi connectivity index (χ2v) is 9.34. The maximum absolute atomic E-state index is 13.0. The average molecular weight is 498 g/mol. The number of rotatable bonds is 9. The molecule has 3 atom stereocenters. The van der Waals surface area contributed by atoms with Crippen molar-refractivity contribution in [2.45, 2.75) is 50.6 Å². The largest absolute Gasteiger partial charge is 0.374 e. The van der Waals surface area contributed by atoms with Crippen molar-refractivity contribution in [2.24, 2.45) is 5.73 Å². The van der Waals surface area contributed by atoms with Crippen LogP contribution in [0.15, 0.2) is 36.5 Å². The highest BCUT2D eigenvalue weighted by molar-refractivity contribution is 6.43. The molecule has 2 fully saturated rings. The molecular weight excluding hydrogens is 468 g/mol. The van der Waals surface area contributed by atoms with E-state index >= 15 is 0 Å². The summed E-state index contributed by atoms with van der Waals surface area (Å²) < 4.78 is 0. The number of nitrogens with two attached hydrogens (primary N) is 2. The molecule has 2 heterocycles. The Morgan fingerprint density at radius 2 is 2.06 bits per heavy atom. The van der Waals surface area contributed by atoms with E-state index in [2.05, 4.69) is 15.6 Å². The van der Waals surface area contributed by atoms with E-state index < -0.39 is 11.9 Å². The zero-order valence-corrected chi connectivity index (χ0v) is 20.3. The van der Waals surface area contributed by atoms with Gasteiger partial charge in [-0.05, 0) is 43.4 Å². The number of nitrogens with zero attached hydrogens (tertiary/aromatic N) is 2. The number of aryl methyl sites for hydroxylation is 1. The standard InChI is InChI=1S/C25H29ClN6O3/c1-2-14-10-17(23(27)24(28)34)20(12-29-14)30-13-22(33)32-9-5-8-21(32)25(35)31-19-11-16(19)15-6-3-4-7-18(15)26/h3-4,6-7,10,12,16,19,21,27,30H,2,5,8-9,11,13H2,1H3,(H2,28,34)(H,31,35)/p+1/t16-,19?,21-/m0/s1. The molecule has 0 bridgehead atoms. The van der Waals surface area contributed by atoms with Gasteiger partial charge >= 0.3 is 5.91 Å². The Hall–Kier alpha value is -3.46. The Bertz CT molecular complexity index is 1170. The lowest BCUT2D eigenvalue weighted by molar-refractivity contribution is -0.137. The molecule has 4 rings (SSSR count). The van der Waals surface area contributed by atoms with Gasteiger partial charge in [-0.15, -0.1) is 0 Å². The molecule has 1 unspecified atom stereocenters. The Morgan fingerprint density at radius 1 is 1.29 bits per heavy atom. The molecule has 184 valence electrons. The minimum Gasteiger partial charge on any atom is -0.374 e. The summed E-state index contributed by atoms with van der Waals surface area (Å²) in [7, 11) is 0. The molecule has 1 aliphatic carbocycles. The second kappa shape index (κ2) is 10.4. The van der Waals surface area contributed by atoms with Crippen LogP contribution in [0.25, 0.3) is 0 Å². The van der Waals surface area contributed by atoms with Crippen molar-refractivity contribution in [3.8, 4) is 0 Å². The fourth-order valence-electron chi connectivity index (χ4n) is 4.55. The van der Waals surface area contributed by atoms with Crippen molar-refractivity contribution in [3.05, 3.63) is 58.4 Å². The number of amides is 3. The highest BCUT2D eigenvalue weighted by atomic mass is 35.5. The third-order valence-electron chi connectivity index (χ3n) is 6.61. The van der Waals surface area contributed by atoms with Gasteiger partial charge in [0.25, 0.3) is 5.71 Å². The lowest BCUT2D eigenvalue weighted by atomic mass is 10.1. The molecule has 10 heteroatoms. The number of anilines is 1. The molecule has 2 aromatic rings. The predicted octanol–water partition coefficient (Wildman–Crippen LogP) is 0.406. The van der Waals surface area contributed by atoms with E-state index in [1.807, 2.05) is 31.2 Å². The Labute approximate surface area is 208 Å². The van der Waals surface area contributed by atoms with E-state index in [1.54, 1.807) is 11.0 Å². The molecule has 6 N–H and O–H groups in total. The molecule has 35 heavy (non-hydrogen) atoms. The van der Waals surface area contributed by atoms with Gasteiger partial charge in [-0.25, -0.2) is 5.41 Å². The first-order valence-corrected chi connectivity index (χ1v) is 12.2. The summed E-state index contributed by atoms with van der Waals surface area (Å²) in [6, 6.07) is 8.85. The van der Waals surface area contributed by atoms with Crippen LogP contribution in [-0.4, -0.2) is 58.5 Å². The fraction of sp³-hybridized carbons (Fsp3) is 0.400. The van der Waals surface area contributed by atoms with E-state index in [0.717, 1.165) is 24.1 Å². The van der Waals surface area contributed by atoms with E-state index in [4.69, 9.17) is 22.7 Å². The van der Waals surface area contributed by atoms with Crippen LogP contribution in [0.2, 0.25) is 5.02 Å². The topological polar surface area (TPSA) is 143 Å². The predicted molar refractivity (Wildman–Crippen MR) is 133 cm³/mol. The summed E-state index contributed by atoms with van der Waals surface area (Å²) >= 11 is 6.29. The monoisotopic (exact) mass is 497 g/mol. The summed E-state index contributed by atoms with van der Waals surface area (Å²) in [6.45, 7) is 2.37. The van der Waals surface area contributed by atoms with Crippen molar-refractivity contribution in [1.29, 1.82) is 0 Å². The van der Waals surface area contributed by atoms with Gasteiger partial charge in [0, 0.05) is 29.2 Å². The fourth-order valence-corrected chi connectivity index (χ4v) is 4.83. The van der Waals surface area contributed by atoms with E-state index in [9.17, 15) is 14.4 Å². The summed E-state index contributed by atoms with van der Waals surface area (Å²) in [4.78, 5) is 43.6. The minimum absolute atomic E-state index is 0.0242. The van der Waals surface area contributed by atoms with Gasteiger partial charge in [0.2, 0.25) is 11.8 Å². The third-order valence-corrected chi connectivity index (χ3v) is 6.95. The van der Waals surface area contributed by atoms with E-state index in [1.165, 1.54) is 6.20 Å². The van der Waals surface area contributed by atoms with Crippen molar-refractivity contribution in [3.63, 3.8) is 0 Å². The molecule has 3 amide bonds. The van der Waals surface area contributed by atoms with Gasteiger partial charge in [0.1, 0.15) is 6.04 Å². The number of halogens is 1. The van der Waals surface area contributed by atoms with Crippen LogP contribution in [0.3, 0.4) is 0 Å². The average Bonchev–Trinajstić information content (AvgIpc) is 3.42. The molecule has 2 aliphatic rings. The summed E-state index contributed by atoms with van der Waals surface area (Å²) in [6.07, 6.45) is 4.39. The van der Waals surface area contributed by atoms with Gasteiger partial charge in [0.05, 0.1) is 24.0 Å². The highest BCUT2D eigenvalue weighted by Gasteiger charge is 2.43. The van der Waals surface area contributed by atoms with Gasteiger partial charge < -0.3 is 21.3 Å². The van der Waals surface area contributed by atoms with E-state index in [-0.39, 0.29) is 36.0 Å². The van der Waals surface area contributed by atoms with Crippen LogP contribution in [0.4, 0.5) is 5.69 Å². The summed E-state index contributed by atoms with van der Waals surface area (Å²) in [5.41, 5.74) is 7.88. The quantitative estimate of drug-likeness (QED) is 0.371.